The number of halogens is 1. The smallest absolute Gasteiger partial charge is 0.246 e. The van der Waals surface area contributed by atoms with E-state index in [-0.39, 0.29) is 17.3 Å². The lowest BCUT2D eigenvalue weighted by atomic mass is 9.99. The molecule has 1 aliphatic heterocycles. The van der Waals surface area contributed by atoms with Gasteiger partial charge in [-0.05, 0) is 49.2 Å². The SMILES string of the molecule is Cn1cc(S(=O)(=O)N2CCC[C@@H](C(=O)Nc3ccccc3Sc3ccc(Cl)cc3)C2)cn1. The van der Waals surface area contributed by atoms with E-state index in [0.29, 0.717) is 30.1 Å². The summed E-state index contributed by atoms with van der Waals surface area (Å²) in [6.45, 7) is 0.541. The molecule has 1 N–H and O–H groups in total. The van der Waals surface area contributed by atoms with Crippen molar-refractivity contribution in [2.45, 2.75) is 27.5 Å². The number of aryl methyl sites for hydroxylation is 1. The minimum Gasteiger partial charge on any atom is -0.325 e. The van der Waals surface area contributed by atoms with Crippen LogP contribution in [-0.2, 0) is 21.9 Å². The first-order chi connectivity index (χ1) is 15.3. The average Bonchev–Trinajstić information content (AvgIpc) is 3.24. The van der Waals surface area contributed by atoms with Crippen LogP contribution < -0.4 is 5.32 Å². The summed E-state index contributed by atoms with van der Waals surface area (Å²) in [5, 5.41) is 7.63. The summed E-state index contributed by atoms with van der Waals surface area (Å²) in [6, 6.07) is 15.1. The molecule has 0 spiro atoms. The molecule has 3 aromatic rings. The maximum atomic E-state index is 13.1. The predicted molar refractivity (Wildman–Crippen MR) is 125 cm³/mol. The molecule has 1 atom stereocenters. The van der Waals surface area contributed by atoms with E-state index in [4.69, 9.17) is 11.6 Å². The van der Waals surface area contributed by atoms with Crippen molar-refractivity contribution in [3.8, 4) is 0 Å². The number of anilines is 1. The molecule has 1 saturated heterocycles. The Hall–Kier alpha value is -2.33. The van der Waals surface area contributed by atoms with Crippen molar-refractivity contribution in [3.63, 3.8) is 0 Å². The molecular weight excluding hydrogens is 468 g/mol. The number of para-hydroxylation sites is 1. The number of rotatable bonds is 6. The van der Waals surface area contributed by atoms with E-state index in [0.717, 1.165) is 9.79 Å². The largest absolute Gasteiger partial charge is 0.325 e. The van der Waals surface area contributed by atoms with Gasteiger partial charge >= 0.3 is 0 Å². The third-order valence-corrected chi connectivity index (χ3v) is 8.41. The van der Waals surface area contributed by atoms with Crippen LogP contribution in [0.25, 0.3) is 0 Å². The topological polar surface area (TPSA) is 84.3 Å². The summed E-state index contributed by atoms with van der Waals surface area (Å²) in [6.07, 6.45) is 4.07. The standard InChI is InChI=1S/C22H23ClN4O3S2/c1-26-15-19(13-24-26)32(29,30)27-12-4-5-16(14-27)22(28)25-20-6-2-3-7-21(20)31-18-10-8-17(23)9-11-18/h2-3,6-11,13,15-16H,4-5,12,14H2,1H3,(H,25,28)/t16-/m1/s1. The Balaban J connectivity index is 1.47. The molecule has 32 heavy (non-hydrogen) atoms. The molecule has 1 aliphatic rings. The van der Waals surface area contributed by atoms with Crippen molar-refractivity contribution < 1.29 is 13.2 Å². The zero-order valence-electron chi connectivity index (χ0n) is 17.4. The molecule has 10 heteroatoms. The minimum atomic E-state index is -3.68. The Bertz CT molecular complexity index is 1210. The highest BCUT2D eigenvalue weighted by atomic mass is 35.5. The van der Waals surface area contributed by atoms with Crippen molar-refractivity contribution in [2.75, 3.05) is 18.4 Å². The quantitative estimate of drug-likeness (QED) is 0.558. The molecule has 2 aromatic carbocycles. The maximum absolute atomic E-state index is 13.1. The van der Waals surface area contributed by atoms with Crippen molar-refractivity contribution in [2.24, 2.45) is 13.0 Å². The molecule has 0 saturated carbocycles. The minimum absolute atomic E-state index is 0.144. The zero-order valence-corrected chi connectivity index (χ0v) is 19.8. The third-order valence-electron chi connectivity index (χ3n) is 5.26. The lowest BCUT2D eigenvalue weighted by Crippen LogP contribution is -2.43. The zero-order chi connectivity index (χ0) is 22.7. The summed E-state index contributed by atoms with van der Waals surface area (Å²) in [5.41, 5.74) is 0.699. The van der Waals surface area contributed by atoms with Crippen LogP contribution >= 0.6 is 23.4 Å². The number of amides is 1. The fraction of sp³-hybridized carbons (Fsp3) is 0.273. The Morgan fingerprint density at radius 3 is 2.66 bits per heavy atom. The van der Waals surface area contributed by atoms with Crippen LogP contribution in [0.15, 0.2) is 75.6 Å². The highest BCUT2D eigenvalue weighted by molar-refractivity contribution is 7.99. The number of nitrogens with zero attached hydrogens (tertiary/aromatic N) is 3. The summed E-state index contributed by atoms with van der Waals surface area (Å²) in [5.74, 6) is -0.607. The number of hydrogen-bond donors (Lipinski definition) is 1. The van der Waals surface area contributed by atoms with Gasteiger partial charge in [0.2, 0.25) is 15.9 Å². The second kappa shape index (κ2) is 9.66. The van der Waals surface area contributed by atoms with Gasteiger partial charge in [-0.2, -0.15) is 9.40 Å². The molecule has 0 unspecified atom stereocenters. The third kappa shape index (κ3) is 5.17. The Kier molecular flexibility index (Phi) is 6.90. The number of piperidine rings is 1. The van der Waals surface area contributed by atoms with Crippen molar-refractivity contribution in [3.05, 3.63) is 65.9 Å². The van der Waals surface area contributed by atoms with Crippen LogP contribution in [0.3, 0.4) is 0 Å². The van der Waals surface area contributed by atoms with Gasteiger partial charge in [-0.25, -0.2) is 8.42 Å². The van der Waals surface area contributed by atoms with Crippen LogP contribution in [-0.4, -0.2) is 41.5 Å². The van der Waals surface area contributed by atoms with Gasteiger partial charge < -0.3 is 5.32 Å². The van der Waals surface area contributed by atoms with E-state index < -0.39 is 15.9 Å². The van der Waals surface area contributed by atoms with Gasteiger partial charge in [0, 0.05) is 41.1 Å². The Morgan fingerprint density at radius 1 is 1.19 bits per heavy atom. The monoisotopic (exact) mass is 490 g/mol. The number of benzene rings is 2. The summed E-state index contributed by atoms with van der Waals surface area (Å²) >= 11 is 7.49. The molecule has 1 amide bonds. The first kappa shape index (κ1) is 22.8. The number of hydrogen-bond acceptors (Lipinski definition) is 5. The molecule has 4 rings (SSSR count). The van der Waals surface area contributed by atoms with Crippen LogP contribution in [0.4, 0.5) is 5.69 Å². The van der Waals surface area contributed by atoms with Gasteiger partial charge in [0.15, 0.2) is 0 Å². The molecule has 168 valence electrons. The number of carbonyl (C=O) groups excluding carboxylic acids is 1. The molecule has 2 heterocycles. The highest BCUT2D eigenvalue weighted by Gasteiger charge is 2.34. The second-order valence-corrected chi connectivity index (χ2v) is 11.1. The van der Waals surface area contributed by atoms with E-state index in [1.165, 1.54) is 33.1 Å². The van der Waals surface area contributed by atoms with Crippen LogP contribution in [0, 0.1) is 5.92 Å². The van der Waals surface area contributed by atoms with E-state index in [2.05, 4.69) is 10.4 Å². The van der Waals surface area contributed by atoms with Crippen LogP contribution in [0.5, 0.6) is 0 Å². The molecule has 1 aromatic heterocycles. The van der Waals surface area contributed by atoms with Gasteiger partial charge in [0.1, 0.15) is 4.90 Å². The van der Waals surface area contributed by atoms with Gasteiger partial charge in [0.05, 0.1) is 17.8 Å². The maximum Gasteiger partial charge on any atom is 0.246 e. The van der Waals surface area contributed by atoms with E-state index >= 15 is 0 Å². The van der Waals surface area contributed by atoms with Gasteiger partial charge in [-0.3, -0.25) is 9.48 Å². The second-order valence-electron chi connectivity index (χ2n) is 7.59. The predicted octanol–water partition coefficient (Wildman–Crippen LogP) is 4.26. The molecule has 0 bridgehead atoms. The van der Waals surface area contributed by atoms with Crippen molar-refractivity contribution in [1.29, 1.82) is 0 Å². The average molecular weight is 491 g/mol. The normalized spacial score (nSPS) is 17.2. The van der Waals surface area contributed by atoms with Gasteiger partial charge in [0.25, 0.3) is 0 Å². The van der Waals surface area contributed by atoms with Crippen LogP contribution in [0.1, 0.15) is 12.8 Å². The number of sulfonamides is 1. The van der Waals surface area contributed by atoms with Crippen molar-refractivity contribution >= 4 is 45.0 Å². The molecule has 0 aliphatic carbocycles. The van der Waals surface area contributed by atoms with Crippen LogP contribution in [0.2, 0.25) is 5.02 Å². The number of aromatic nitrogens is 2. The Labute approximate surface area is 196 Å². The molecule has 7 nitrogen and oxygen atoms in total. The molecule has 0 radical (unpaired) electrons. The van der Waals surface area contributed by atoms with E-state index in [1.54, 1.807) is 7.05 Å². The summed E-state index contributed by atoms with van der Waals surface area (Å²) in [7, 11) is -2.01. The highest BCUT2D eigenvalue weighted by Crippen LogP contribution is 2.34. The summed E-state index contributed by atoms with van der Waals surface area (Å²) in [4.78, 5) is 15.1. The van der Waals surface area contributed by atoms with E-state index in [9.17, 15) is 13.2 Å². The molecular formula is C22H23ClN4O3S2. The van der Waals surface area contributed by atoms with Gasteiger partial charge in [-0.15, -0.1) is 0 Å². The lowest BCUT2D eigenvalue weighted by molar-refractivity contribution is -0.120. The van der Waals surface area contributed by atoms with Crippen molar-refractivity contribution in [1.82, 2.24) is 14.1 Å². The Morgan fingerprint density at radius 2 is 1.94 bits per heavy atom. The van der Waals surface area contributed by atoms with Gasteiger partial charge in [-0.1, -0.05) is 35.5 Å². The fourth-order valence-corrected chi connectivity index (χ4v) is 6.12. The fourth-order valence-electron chi connectivity index (χ4n) is 3.58. The molecule has 1 fully saturated rings. The number of carbonyl (C=O) groups is 1. The summed E-state index contributed by atoms with van der Waals surface area (Å²) < 4.78 is 28.7. The van der Waals surface area contributed by atoms with E-state index in [1.807, 2.05) is 48.5 Å². The lowest BCUT2D eigenvalue weighted by Gasteiger charge is -2.31. The first-order valence-corrected chi connectivity index (χ1v) is 12.8. The number of nitrogens with one attached hydrogen (secondary N) is 1. The first-order valence-electron chi connectivity index (χ1n) is 10.1.